The molecule has 0 N–H and O–H groups in total. The van der Waals surface area contributed by atoms with Crippen molar-refractivity contribution in [3.05, 3.63) is 66.1 Å². The lowest BCUT2D eigenvalue weighted by Crippen LogP contribution is -2.18. The summed E-state index contributed by atoms with van der Waals surface area (Å²) in [6, 6.07) is 13.2. The maximum atomic E-state index is 4.88. The Morgan fingerprint density at radius 3 is 2.57 bits per heavy atom. The average molecular weight is 400 g/mol. The van der Waals surface area contributed by atoms with Crippen LogP contribution in [0.5, 0.6) is 0 Å². The van der Waals surface area contributed by atoms with E-state index < -0.39 is 0 Å². The van der Waals surface area contributed by atoms with Crippen molar-refractivity contribution in [2.45, 2.75) is 40.0 Å². The Hall–Kier alpha value is -3.21. The molecule has 0 saturated heterocycles. The molecule has 0 aliphatic rings. The van der Waals surface area contributed by atoms with E-state index in [1.165, 1.54) is 16.8 Å². The summed E-state index contributed by atoms with van der Waals surface area (Å²) < 4.78 is 1.78. The molecule has 0 aliphatic heterocycles. The molecule has 0 fully saturated rings. The Balaban J connectivity index is 1.78. The molecule has 30 heavy (non-hydrogen) atoms. The van der Waals surface area contributed by atoms with Crippen molar-refractivity contribution in [3.63, 3.8) is 0 Å². The molecule has 0 aliphatic carbocycles. The number of aryl methyl sites for hydroxylation is 3. The first kappa shape index (κ1) is 20.1. The molecular formula is C25H29N5. The van der Waals surface area contributed by atoms with Crippen molar-refractivity contribution >= 4 is 22.4 Å². The van der Waals surface area contributed by atoms with Gasteiger partial charge in [0.2, 0.25) is 0 Å². The second kappa shape index (κ2) is 8.66. The molecule has 0 saturated carbocycles. The summed E-state index contributed by atoms with van der Waals surface area (Å²) >= 11 is 0. The van der Waals surface area contributed by atoms with Crippen LogP contribution in [0.3, 0.4) is 0 Å². The fourth-order valence-electron chi connectivity index (χ4n) is 3.78. The maximum Gasteiger partial charge on any atom is 0.0924 e. The molecular weight excluding hydrogens is 370 g/mol. The van der Waals surface area contributed by atoms with Crippen molar-refractivity contribution < 1.29 is 0 Å². The van der Waals surface area contributed by atoms with E-state index in [-0.39, 0.29) is 0 Å². The minimum atomic E-state index is 0.844. The normalized spacial score (nSPS) is 11.2. The van der Waals surface area contributed by atoms with E-state index >= 15 is 0 Å². The van der Waals surface area contributed by atoms with Crippen molar-refractivity contribution in [1.29, 1.82) is 0 Å². The summed E-state index contributed by atoms with van der Waals surface area (Å²) in [5, 5.41) is 4.26. The van der Waals surface area contributed by atoms with Crippen LogP contribution >= 0.6 is 0 Å². The summed E-state index contributed by atoms with van der Waals surface area (Å²) in [7, 11) is 1.91. The Labute approximate surface area is 178 Å². The predicted molar refractivity (Wildman–Crippen MR) is 124 cm³/mol. The number of benzene rings is 2. The first-order valence-electron chi connectivity index (χ1n) is 10.7. The third kappa shape index (κ3) is 4.20. The molecule has 0 unspecified atom stereocenters. The fourth-order valence-corrected chi connectivity index (χ4v) is 3.78. The Bertz CT molecular complexity index is 1160. The third-order valence-corrected chi connectivity index (χ3v) is 5.42. The van der Waals surface area contributed by atoms with Crippen LogP contribution in [0.4, 0.5) is 11.4 Å². The van der Waals surface area contributed by atoms with Gasteiger partial charge >= 0.3 is 0 Å². The fraction of sp³-hybridized carbons (Fsp3) is 0.320. The number of anilines is 2. The monoisotopic (exact) mass is 399 g/mol. The lowest BCUT2D eigenvalue weighted by Gasteiger charge is -2.26. The largest absolute Gasteiger partial charge is 0.341 e. The Kier molecular flexibility index (Phi) is 5.79. The lowest BCUT2D eigenvalue weighted by atomic mass is 10.1. The van der Waals surface area contributed by atoms with E-state index in [1.807, 2.05) is 25.6 Å². The topological polar surface area (TPSA) is 46.8 Å². The standard InChI is InChI=1S/C25H29N5/c1-5-7-10-30(22-12-18(3)11-19(6-2)13-22)21-8-9-23-24(14-21)28-25(16-26-23)20-15-27-29(4)17-20/h8-9,11-17H,5-7,10H2,1-4H3. The molecule has 0 radical (unpaired) electrons. The van der Waals surface area contributed by atoms with E-state index in [0.29, 0.717) is 0 Å². The predicted octanol–water partition coefficient (Wildman–Crippen LogP) is 5.84. The van der Waals surface area contributed by atoms with E-state index in [9.17, 15) is 0 Å². The molecule has 154 valence electrons. The number of rotatable bonds is 7. The van der Waals surface area contributed by atoms with Gasteiger partial charge in [-0.3, -0.25) is 9.67 Å². The van der Waals surface area contributed by atoms with Gasteiger partial charge < -0.3 is 4.90 Å². The summed E-state index contributed by atoms with van der Waals surface area (Å²) in [4.78, 5) is 11.9. The number of aromatic nitrogens is 4. The number of fused-ring (bicyclic) bond motifs is 1. The SMILES string of the molecule is CCCCN(c1cc(C)cc(CC)c1)c1ccc2ncc(-c3cnn(C)c3)nc2c1. The van der Waals surface area contributed by atoms with Gasteiger partial charge in [0.25, 0.3) is 0 Å². The van der Waals surface area contributed by atoms with Gasteiger partial charge in [-0.05, 0) is 61.2 Å². The van der Waals surface area contributed by atoms with Crippen molar-refractivity contribution in [1.82, 2.24) is 19.7 Å². The summed E-state index contributed by atoms with van der Waals surface area (Å²) in [5.41, 5.74) is 8.69. The minimum absolute atomic E-state index is 0.844. The van der Waals surface area contributed by atoms with Gasteiger partial charge in [-0.2, -0.15) is 5.10 Å². The number of hydrogen-bond donors (Lipinski definition) is 0. The van der Waals surface area contributed by atoms with Crippen LogP contribution < -0.4 is 4.90 Å². The Morgan fingerprint density at radius 2 is 1.83 bits per heavy atom. The van der Waals surface area contributed by atoms with Crippen LogP contribution in [-0.4, -0.2) is 26.3 Å². The van der Waals surface area contributed by atoms with E-state index in [1.54, 1.807) is 4.68 Å². The second-order valence-electron chi connectivity index (χ2n) is 7.87. The first-order valence-corrected chi connectivity index (χ1v) is 10.7. The van der Waals surface area contributed by atoms with Gasteiger partial charge in [0, 0.05) is 36.7 Å². The van der Waals surface area contributed by atoms with Crippen LogP contribution in [0.2, 0.25) is 0 Å². The first-order chi connectivity index (χ1) is 14.6. The highest BCUT2D eigenvalue weighted by Crippen LogP contribution is 2.30. The average Bonchev–Trinajstić information content (AvgIpc) is 3.19. The summed E-state index contributed by atoms with van der Waals surface area (Å²) in [5.74, 6) is 0. The number of nitrogens with zero attached hydrogens (tertiary/aromatic N) is 5. The van der Waals surface area contributed by atoms with Gasteiger partial charge in [-0.15, -0.1) is 0 Å². The maximum absolute atomic E-state index is 4.88. The number of unbranched alkanes of at least 4 members (excludes halogenated alkanes) is 1. The molecule has 0 amide bonds. The summed E-state index contributed by atoms with van der Waals surface area (Å²) in [6.07, 6.45) is 8.94. The van der Waals surface area contributed by atoms with Gasteiger partial charge in [-0.1, -0.05) is 26.3 Å². The highest BCUT2D eigenvalue weighted by molar-refractivity contribution is 5.82. The molecule has 2 aromatic heterocycles. The second-order valence-corrected chi connectivity index (χ2v) is 7.87. The van der Waals surface area contributed by atoms with E-state index in [0.717, 1.165) is 53.8 Å². The molecule has 0 atom stereocenters. The van der Waals surface area contributed by atoms with Crippen molar-refractivity contribution in [2.75, 3.05) is 11.4 Å². The molecule has 4 aromatic rings. The van der Waals surface area contributed by atoms with Crippen LogP contribution in [0.1, 0.15) is 37.8 Å². The van der Waals surface area contributed by atoms with Crippen LogP contribution in [0.25, 0.3) is 22.3 Å². The van der Waals surface area contributed by atoms with Gasteiger partial charge in [-0.25, -0.2) is 4.98 Å². The van der Waals surface area contributed by atoms with E-state index in [4.69, 9.17) is 4.98 Å². The zero-order chi connectivity index (χ0) is 21.1. The minimum Gasteiger partial charge on any atom is -0.341 e. The zero-order valence-corrected chi connectivity index (χ0v) is 18.3. The molecule has 5 heteroatoms. The van der Waals surface area contributed by atoms with Crippen molar-refractivity contribution in [3.8, 4) is 11.3 Å². The molecule has 0 spiro atoms. The quantitative estimate of drug-likeness (QED) is 0.392. The molecule has 2 heterocycles. The van der Waals surface area contributed by atoms with Crippen LogP contribution in [-0.2, 0) is 13.5 Å². The third-order valence-electron chi connectivity index (χ3n) is 5.42. The van der Waals surface area contributed by atoms with E-state index in [2.05, 4.69) is 72.2 Å². The molecule has 4 rings (SSSR count). The van der Waals surface area contributed by atoms with Crippen molar-refractivity contribution in [2.24, 2.45) is 7.05 Å². The number of hydrogen-bond acceptors (Lipinski definition) is 4. The Morgan fingerprint density at radius 1 is 0.967 bits per heavy atom. The summed E-state index contributed by atoms with van der Waals surface area (Å²) in [6.45, 7) is 7.59. The highest BCUT2D eigenvalue weighted by Gasteiger charge is 2.13. The smallest absolute Gasteiger partial charge is 0.0924 e. The van der Waals surface area contributed by atoms with Gasteiger partial charge in [0.15, 0.2) is 0 Å². The molecule has 5 nitrogen and oxygen atoms in total. The highest BCUT2D eigenvalue weighted by atomic mass is 15.2. The zero-order valence-electron chi connectivity index (χ0n) is 18.3. The van der Waals surface area contributed by atoms with Crippen LogP contribution in [0.15, 0.2) is 55.0 Å². The van der Waals surface area contributed by atoms with Gasteiger partial charge in [0.05, 0.1) is 29.1 Å². The lowest BCUT2D eigenvalue weighted by molar-refractivity contribution is 0.768. The molecule has 2 aromatic carbocycles. The van der Waals surface area contributed by atoms with Gasteiger partial charge in [0.1, 0.15) is 0 Å². The van der Waals surface area contributed by atoms with Crippen LogP contribution in [0, 0.1) is 6.92 Å². The molecule has 0 bridgehead atoms.